The minimum Gasteiger partial charge on any atom is -0.505 e. The number of carboxylic acids is 1. The van der Waals surface area contributed by atoms with Gasteiger partial charge in [0, 0.05) is 22.7 Å². The molecule has 2 N–H and O–H groups in total. The number of phenolic OH excluding ortho intramolecular Hbond substituents is 1. The number of carbonyl (C=O) groups is 2. The number of hydrogen-bond donors (Lipinski definition) is 2. The van der Waals surface area contributed by atoms with Gasteiger partial charge in [0.05, 0.1) is 11.4 Å². The molecule has 0 bridgehead atoms. The first-order valence-electron chi connectivity index (χ1n) is 9.01. The van der Waals surface area contributed by atoms with Gasteiger partial charge in [-0.1, -0.05) is 31.5 Å². The molecule has 146 valence electrons. The average molecular weight is 383 g/mol. The normalized spacial score (nSPS) is 12.5. The highest BCUT2D eigenvalue weighted by atomic mass is 19.1. The lowest BCUT2D eigenvalue weighted by Crippen LogP contribution is -2.19. The molecule has 0 amide bonds. The van der Waals surface area contributed by atoms with Crippen molar-refractivity contribution < 1.29 is 24.2 Å². The topological polar surface area (TPSA) is 79.5 Å². The number of rotatable bonds is 4. The first-order valence-corrected chi connectivity index (χ1v) is 9.01. The van der Waals surface area contributed by atoms with E-state index in [1.54, 1.807) is 45.0 Å². The van der Waals surface area contributed by atoms with Crippen LogP contribution in [0.3, 0.4) is 0 Å². The number of carbonyl (C=O) groups excluding carboxylic acids is 1. The molecule has 3 rings (SSSR count). The number of phenols is 1. The summed E-state index contributed by atoms with van der Waals surface area (Å²) in [5.41, 5.74) is 2.47. The smallest absolute Gasteiger partial charge is 0.311 e. The molecule has 6 heteroatoms. The molecule has 28 heavy (non-hydrogen) atoms. The number of aliphatic carboxylic acids is 1. The maximum atomic E-state index is 14.1. The maximum Gasteiger partial charge on any atom is 0.311 e. The summed E-state index contributed by atoms with van der Waals surface area (Å²) in [5, 5.41) is 20.0. The predicted octanol–water partition coefficient (Wildman–Crippen LogP) is 4.62. The zero-order valence-electron chi connectivity index (χ0n) is 16.2. The van der Waals surface area contributed by atoms with Gasteiger partial charge in [-0.3, -0.25) is 14.2 Å². The summed E-state index contributed by atoms with van der Waals surface area (Å²) in [4.78, 5) is 25.1. The SMILES string of the molecule is Cc1ccc(C(=O)n2c(C)c(C(C(=O)O)C(C)C)c3cc(O)c(F)cc32)cc1. The van der Waals surface area contributed by atoms with E-state index in [0.717, 1.165) is 11.6 Å². The van der Waals surface area contributed by atoms with Gasteiger partial charge in [-0.25, -0.2) is 4.39 Å². The van der Waals surface area contributed by atoms with Crippen LogP contribution in [0.2, 0.25) is 0 Å². The van der Waals surface area contributed by atoms with Crippen molar-refractivity contribution in [2.75, 3.05) is 0 Å². The third-order valence-corrected chi connectivity index (χ3v) is 5.07. The summed E-state index contributed by atoms with van der Waals surface area (Å²) < 4.78 is 15.4. The highest BCUT2D eigenvalue weighted by molar-refractivity contribution is 6.05. The number of benzene rings is 2. The van der Waals surface area contributed by atoms with E-state index in [0.29, 0.717) is 22.2 Å². The summed E-state index contributed by atoms with van der Waals surface area (Å²) in [6, 6.07) is 9.23. The van der Waals surface area contributed by atoms with E-state index in [-0.39, 0.29) is 17.3 Å². The Bertz CT molecular complexity index is 1080. The molecule has 0 fully saturated rings. The van der Waals surface area contributed by atoms with Gasteiger partial charge in [0.1, 0.15) is 0 Å². The third kappa shape index (κ3) is 3.15. The molecule has 0 aliphatic heterocycles. The van der Waals surface area contributed by atoms with Gasteiger partial charge in [-0.15, -0.1) is 0 Å². The van der Waals surface area contributed by atoms with Crippen LogP contribution >= 0.6 is 0 Å². The number of nitrogens with zero attached hydrogens (tertiary/aromatic N) is 1. The minimum absolute atomic E-state index is 0.236. The highest BCUT2D eigenvalue weighted by Crippen LogP contribution is 2.38. The molecule has 3 aromatic rings. The number of aromatic hydroxyl groups is 1. The van der Waals surface area contributed by atoms with Gasteiger partial charge in [-0.05, 0) is 43.5 Å². The van der Waals surface area contributed by atoms with Crippen LogP contribution in [0.5, 0.6) is 5.75 Å². The molecule has 5 nitrogen and oxygen atoms in total. The Kier molecular flexibility index (Phi) is 4.98. The lowest BCUT2D eigenvalue weighted by molar-refractivity contribution is -0.139. The molecular formula is C22H22FNO4. The van der Waals surface area contributed by atoms with Gasteiger partial charge in [0.2, 0.25) is 0 Å². The van der Waals surface area contributed by atoms with Gasteiger partial charge >= 0.3 is 5.97 Å². The maximum absolute atomic E-state index is 14.1. The van der Waals surface area contributed by atoms with E-state index in [2.05, 4.69) is 0 Å². The molecule has 0 aliphatic rings. The van der Waals surface area contributed by atoms with E-state index >= 15 is 0 Å². The summed E-state index contributed by atoms with van der Waals surface area (Å²) in [6.07, 6.45) is 0. The molecular weight excluding hydrogens is 361 g/mol. The molecule has 1 unspecified atom stereocenters. The van der Waals surface area contributed by atoms with Gasteiger partial charge in [0.15, 0.2) is 11.6 Å². The summed E-state index contributed by atoms with van der Waals surface area (Å²) in [6.45, 7) is 7.09. The molecule has 0 saturated heterocycles. The van der Waals surface area contributed by atoms with E-state index in [1.165, 1.54) is 10.6 Å². The zero-order valence-corrected chi connectivity index (χ0v) is 16.2. The van der Waals surface area contributed by atoms with Gasteiger partial charge < -0.3 is 10.2 Å². The lowest BCUT2D eigenvalue weighted by atomic mass is 9.86. The van der Waals surface area contributed by atoms with Crippen molar-refractivity contribution in [1.29, 1.82) is 0 Å². The van der Waals surface area contributed by atoms with Crippen molar-refractivity contribution in [1.82, 2.24) is 4.57 Å². The lowest BCUT2D eigenvalue weighted by Gasteiger charge is -2.17. The van der Waals surface area contributed by atoms with Crippen LogP contribution in [-0.4, -0.2) is 26.7 Å². The first-order chi connectivity index (χ1) is 13.1. The van der Waals surface area contributed by atoms with E-state index < -0.39 is 23.5 Å². The van der Waals surface area contributed by atoms with Crippen LogP contribution in [-0.2, 0) is 4.79 Å². The second-order valence-corrected chi connectivity index (χ2v) is 7.39. The number of aryl methyl sites for hydroxylation is 1. The quantitative estimate of drug-likeness (QED) is 0.689. The van der Waals surface area contributed by atoms with Crippen LogP contribution in [0, 0.1) is 25.6 Å². The van der Waals surface area contributed by atoms with E-state index in [9.17, 15) is 24.2 Å². The fourth-order valence-corrected chi connectivity index (χ4v) is 3.67. The second-order valence-electron chi connectivity index (χ2n) is 7.39. The van der Waals surface area contributed by atoms with E-state index in [4.69, 9.17) is 0 Å². The van der Waals surface area contributed by atoms with Gasteiger partial charge in [-0.2, -0.15) is 0 Å². The number of hydrogen-bond acceptors (Lipinski definition) is 3. The number of aromatic nitrogens is 1. The Balaban J connectivity index is 2.36. The molecule has 0 aliphatic carbocycles. The Hall–Kier alpha value is -3.15. The highest BCUT2D eigenvalue weighted by Gasteiger charge is 2.32. The van der Waals surface area contributed by atoms with Crippen LogP contribution in [0.25, 0.3) is 10.9 Å². The fourth-order valence-electron chi connectivity index (χ4n) is 3.67. The first kappa shape index (κ1) is 19.6. The number of fused-ring (bicyclic) bond motifs is 1. The fraction of sp³-hybridized carbons (Fsp3) is 0.273. The molecule has 1 aromatic heterocycles. The van der Waals surface area contributed by atoms with Crippen molar-refractivity contribution in [3.63, 3.8) is 0 Å². The summed E-state index contributed by atoms with van der Waals surface area (Å²) in [5.74, 6) is -4.04. The molecule has 0 radical (unpaired) electrons. The van der Waals surface area contributed by atoms with Crippen molar-refractivity contribution in [2.24, 2.45) is 5.92 Å². The number of halogens is 1. The standard InChI is InChI=1S/C22H22FNO4/c1-11(2)19(22(27)28)20-13(4)24(17-10-16(23)18(25)9-15(17)20)21(26)14-7-5-12(3)6-8-14/h5-11,19,25H,1-4H3,(H,27,28). The van der Waals surface area contributed by atoms with Gasteiger partial charge in [0.25, 0.3) is 5.91 Å². The zero-order chi connectivity index (χ0) is 20.7. The van der Waals surface area contributed by atoms with Crippen molar-refractivity contribution in [2.45, 2.75) is 33.6 Å². The van der Waals surface area contributed by atoms with Crippen molar-refractivity contribution in [3.05, 3.63) is 64.6 Å². The largest absolute Gasteiger partial charge is 0.505 e. The third-order valence-electron chi connectivity index (χ3n) is 5.07. The van der Waals surface area contributed by atoms with Crippen molar-refractivity contribution >= 4 is 22.8 Å². The average Bonchev–Trinajstić information content (AvgIpc) is 2.87. The Morgan fingerprint density at radius 3 is 2.21 bits per heavy atom. The Morgan fingerprint density at radius 2 is 1.68 bits per heavy atom. The van der Waals surface area contributed by atoms with Crippen molar-refractivity contribution in [3.8, 4) is 5.75 Å². The molecule has 0 saturated carbocycles. The molecule has 1 atom stereocenters. The Labute approximate surface area is 162 Å². The molecule has 2 aromatic carbocycles. The van der Waals surface area contributed by atoms with Crippen LogP contribution in [0.4, 0.5) is 4.39 Å². The minimum atomic E-state index is -1.04. The Morgan fingerprint density at radius 1 is 1.07 bits per heavy atom. The summed E-state index contributed by atoms with van der Waals surface area (Å²) >= 11 is 0. The van der Waals surface area contributed by atoms with Crippen LogP contribution in [0.15, 0.2) is 36.4 Å². The monoisotopic (exact) mass is 383 g/mol. The summed E-state index contributed by atoms with van der Waals surface area (Å²) in [7, 11) is 0. The number of carboxylic acid groups (broad SMARTS) is 1. The van der Waals surface area contributed by atoms with Crippen LogP contribution < -0.4 is 0 Å². The molecule has 1 heterocycles. The second kappa shape index (κ2) is 7.11. The predicted molar refractivity (Wildman–Crippen MR) is 104 cm³/mol. The van der Waals surface area contributed by atoms with E-state index in [1.807, 2.05) is 6.92 Å². The van der Waals surface area contributed by atoms with Crippen LogP contribution in [0.1, 0.15) is 46.9 Å². The molecule has 0 spiro atoms.